The zero-order valence-electron chi connectivity index (χ0n) is 12.0. The monoisotopic (exact) mass is 304 g/mol. The van der Waals surface area contributed by atoms with Gasteiger partial charge in [-0.1, -0.05) is 12.1 Å². The molecule has 2 heterocycles. The molecule has 1 fully saturated rings. The van der Waals surface area contributed by atoms with E-state index in [0.717, 1.165) is 12.1 Å². The van der Waals surface area contributed by atoms with Crippen LogP contribution < -0.4 is 10.5 Å². The lowest BCUT2D eigenvalue weighted by atomic mass is 10.0. The molecular weight excluding hydrogens is 287 g/mol. The van der Waals surface area contributed by atoms with E-state index in [2.05, 4.69) is 10.2 Å². The standard InChI is InChI=1S/C15H17FN4O2/c16-11-3-1-2-4-13(11)22-9-14(21)20-6-5-10(8-20)15-12(17)7-18-19-15/h1-4,7,10H,5-6,8-9,17H2,(H,18,19). The average molecular weight is 304 g/mol. The van der Waals surface area contributed by atoms with Gasteiger partial charge in [0.2, 0.25) is 0 Å². The molecule has 6 nitrogen and oxygen atoms in total. The third-order valence-corrected chi connectivity index (χ3v) is 3.84. The smallest absolute Gasteiger partial charge is 0.260 e. The number of carbonyl (C=O) groups excluding carboxylic acids is 1. The van der Waals surface area contributed by atoms with Crippen molar-refractivity contribution in [2.24, 2.45) is 0 Å². The van der Waals surface area contributed by atoms with Gasteiger partial charge in [0.05, 0.1) is 17.6 Å². The molecule has 1 aromatic carbocycles. The minimum absolute atomic E-state index is 0.0874. The van der Waals surface area contributed by atoms with Gasteiger partial charge in [-0.3, -0.25) is 9.89 Å². The predicted octanol–water partition coefficient (Wildman–Crippen LogP) is 1.53. The van der Waals surface area contributed by atoms with E-state index in [1.54, 1.807) is 23.2 Å². The first-order valence-corrected chi connectivity index (χ1v) is 7.09. The number of nitrogens with two attached hydrogens (primary N) is 1. The highest BCUT2D eigenvalue weighted by Crippen LogP contribution is 2.29. The maximum Gasteiger partial charge on any atom is 0.260 e. The largest absolute Gasteiger partial charge is 0.481 e. The summed E-state index contributed by atoms with van der Waals surface area (Å²) >= 11 is 0. The fourth-order valence-corrected chi connectivity index (χ4v) is 2.65. The van der Waals surface area contributed by atoms with Gasteiger partial charge in [0, 0.05) is 19.0 Å². The first-order chi connectivity index (χ1) is 10.6. The second-order valence-corrected chi connectivity index (χ2v) is 5.28. The number of anilines is 1. The van der Waals surface area contributed by atoms with Crippen molar-refractivity contribution in [2.45, 2.75) is 12.3 Å². The van der Waals surface area contributed by atoms with Crippen LogP contribution in [0.3, 0.4) is 0 Å². The summed E-state index contributed by atoms with van der Waals surface area (Å²) < 4.78 is 18.7. The van der Waals surface area contributed by atoms with Crippen LogP contribution in [0.5, 0.6) is 5.75 Å². The highest BCUT2D eigenvalue weighted by molar-refractivity contribution is 5.78. The Labute approximate surface area is 127 Å². The number of aromatic amines is 1. The Bertz CT molecular complexity index is 673. The van der Waals surface area contributed by atoms with Crippen LogP contribution in [-0.4, -0.2) is 40.7 Å². The normalized spacial score (nSPS) is 17.7. The molecule has 2 aromatic rings. The number of nitrogens with one attached hydrogen (secondary N) is 1. The summed E-state index contributed by atoms with van der Waals surface area (Å²) in [5.74, 6) is -0.395. The first kappa shape index (κ1) is 14.4. The third kappa shape index (κ3) is 2.88. The number of ether oxygens (including phenoxy) is 1. The van der Waals surface area contributed by atoms with Crippen LogP contribution in [0.25, 0.3) is 0 Å². The van der Waals surface area contributed by atoms with Gasteiger partial charge >= 0.3 is 0 Å². The van der Waals surface area contributed by atoms with Crippen molar-refractivity contribution in [1.82, 2.24) is 15.1 Å². The summed E-state index contributed by atoms with van der Waals surface area (Å²) in [5, 5.41) is 6.78. The fraction of sp³-hybridized carbons (Fsp3) is 0.333. The molecule has 1 aliphatic heterocycles. The van der Waals surface area contributed by atoms with Gasteiger partial charge in [0.25, 0.3) is 5.91 Å². The van der Waals surface area contributed by atoms with E-state index < -0.39 is 5.82 Å². The fourth-order valence-electron chi connectivity index (χ4n) is 2.65. The number of para-hydroxylation sites is 1. The third-order valence-electron chi connectivity index (χ3n) is 3.84. The summed E-state index contributed by atoms with van der Waals surface area (Å²) in [7, 11) is 0. The summed E-state index contributed by atoms with van der Waals surface area (Å²) in [6, 6.07) is 6.03. The quantitative estimate of drug-likeness (QED) is 0.897. The molecule has 1 unspecified atom stereocenters. The molecule has 3 N–H and O–H groups in total. The number of H-pyrrole nitrogens is 1. The van der Waals surface area contributed by atoms with Gasteiger partial charge in [-0.2, -0.15) is 5.10 Å². The predicted molar refractivity (Wildman–Crippen MR) is 78.8 cm³/mol. The van der Waals surface area contributed by atoms with Crippen molar-refractivity contribution in [3.8, 4) is 5.75 Å². The van der Waals surface area contributed by atoms with E-state index in [-0.39, 0.29) is 24.2 Å². The van der Waals surface area contributed by atoms with Crippen molar-refractivity contribution in [1.29, 1.82) is 0 Å². The van der Waals surface area contributed by atoms with Crippen LogP contribution in [0.1, 0.15) is 18.0 Å². The number of hydrogen-bond donors (Lipinski definition) is 2. The average Bonchev–Trinajstić information content (AvgIpc) is 3.14. The molecule has 1 aliphatic rings. The van der Waals surface area contributed by atoms with Crippen molar-refractivity contribution < 1.29 is 13.9 Å². The number of nitrogen functional groups attached to an aromatic ring is 1. The van der Waals surface area contributed by atoms with E-state index in [1.165, 1.54) is 12.1 Å². The minimum atomic E-state index is -0.472. The molecule has 1 aromatic heterocycles. The van der Waals surface area contributed by atoms with Gasteiger partial charge < -0.3 is 15.4 Å². The lowest BCUT2D eigenvalue weighted by Gasteiger charge is -2.17. The number of amides is 1. The number of benzene rings is 1. The van der Waals surface area contributed by atoms with Crippen molar-refractivity contribution >= 4 is 11.6 Å². The van der Waals surface area contributed by atoms with Crippen LogP contribution in [0.4, 0.5) is 10.1 Å². The molecular formula is C15H17FN4O2. The molecule has 0 spiro atoms. The molecule has 0 radical (unpaired) electrons. The van der Waals surface area contributed by atoms with Gasteiger partial charge in [-0.15, -0.1) is 0 Å². The van der Waals surface area contributed by atoms with Crippen molar-refractivity contribution in [2.75, 3.05) is 25.4 Å². The van der Waals surface area contributed by atoms with Crippen LogP contribution in [-0.2, 0) is 4.79 Å². The van der Waals surface area contributed by atoms with Crippen molar-refractivity contribution in [3.63, 3.8) is 0 Å². The minimum Gasteiger partial charge on any atom is -0.481 e. The molecule has 22 heavy (non-hydrogen) atoms. The Balaban J connectivity index is 1.56. The number of carbonyl (C=O) groups is 1. The maximum atomic E-state index is 13.4. The lowest BCUT2D eigenvalue weighted by molar-refractivity contribution is -0.132. The van der Waals surface area contributed by atoms with E-state index in [1.807, 2.05) is 0 Å². The lowest BCUT2D eigenvalue weighted by Crippen LogP contribution is -2.33. The Kier molecular flexibility index (Phi) is 3.95. The molecule has 0 bridgehead atoms. The number of halogens is 1. The Morgan fingerprint density at radius 1 is 1.50 bits per heavy atom. The van der Waals surface area contributed by atoms with Gasteiger partial charge in [-0.05, 0) is 18.6 Å². The van der Waals surface area contributed by atoms with Crippen LogP contribution in [0, 0.1) is 5.82 Å². The maximum absolute atomic E-state index is 13.4. The van der Waals surface area contributed by atoms with E-state index >= 15 is 0 Å². The number of rotatable bonds is 4. The van der Waals surface area contributed by atoms with E-state index in [0.29, 0.717) is 18.8 Å². The Morgan fingerprint density at radius 2 is 2.32 bits per heavy atom. The molecule has 116 valence electrons. The zero-order chi connectivity index (χ0) is 15.5. The Hall–Kier alpha value is -2.57. The highest BCUT2D eigenvalue weighted by Gasteiger charge is 2.29. The molecule has 0 saturated carbocycles. The molecule has 1 atom stereocenters. The summed E-state index contributed by atoms with van der Waals surface area (Å²) in [5.41, 5.74) is 7.31. The van der Waals surface area contributed by atoms with Crippen molar-refractivity contribution in [3.05, 3.63) is 42.0 Å². The second-order valence-electron chi connectivity index (χ2n) is 5.28. The van der Waals surface area contributed by atoms with E-state index in [4.69, 9.17) is 10.5 Å². The molecule has 7 heteroatoms. The molecule has 1 amide bonds. The summed E-state index contributed by atoms with van der Waals surface area (Å²) in [4.78, 5) is 13.9. The van der Waals surface area contributed by atoms with Crippen LogP contribution in [0.2, 0.25) is 0 Å². The molecule has 3 rings (SSSR count). The van der Waals surface area contributed by atoms with Crippen LogP contribution >= 0.6 is 0 Å². The number of aromatic nitrogens is 2. The second kappa shape index (κ2) is 6.05. The SMILES string of the molecule is Nc1cn[nH]c1C1CCN(C(=O)COc2ccccc2F)C1. The van der Waals surface area contributed by atoms with Crippen LogP contribution in [0.15, 0.2) is 30.5 Å². The topological polar surface area (TPSA) is 84.2 Å². The molecule has 0 aliphatic carbocycles. The van der Waals surface area contributed by atoms with Gasteiger partial charge in [0.1, 0.15) is 0 Å². The van der Waals surface area contributed by atoms with E-state index in [9.17, 15) is 9.18 Å². The number of likely N-dealkylation sites (tertiary alicyclic amines) is 1. The summed E-state index contributed by atoms with van der Waals surface area (Å²) in [6.45, 7) is 1.01. The zero-order valence-corrected chi connectivity index (χ0v) is 12.0. The summed E-state index contributed by atoms with van der Waals surface area (Å²) in [6.07, 6.45) is 2.39. The molecule has 1 saturated heterocycles. The number of hydrogen-bond acceptors (Lipinski definition) is 4. The Morgan fingerprint density at radius 3 is 3.05 bits per heavy atom. The van der Waals surface area contributed by atoms with Gasteiger partial charge in [0.15, 0.2) is 18.2 Å². The van der Waals surface area contributed by atoms with Gasteiger partial charge in [-0.25, -0.2) is 4.39 Å². The highest BCUT2D eigenvalue weighted by atomic mass is 19.1. The first-order valence-electron chi connectivity index (χ1n) is 7.09. The number of nitrogens with zero attached hydrogens (tertiary/aromatic N) is 2.